The SMILES string of the molecule is CCS(=O)(=O)CCC(CNC)c1ccc(C)cc1. The van der Waals surface area contributed by atoms with Crippen molar-refractivity contribution in [2.24, 2.45) is 0 Å². The fraction of sp³-hybridized carbons (Fsp3) is 0.571. The van der Waals surface area contributed by atoms with Gasteiger partial charge in [0.1, 0.15) is 9.84 Å². The van der Waals surface area contributed by atoms with Gasteiger partial charge in [0, 0.05) is 12.3 Å². The molecule has 0 fully saturated rings. The zero-order valence-electron chi connectivity index (χ0n) is 11.4. The highest BCUT2D eigenvalue weighted by atomic mass is 32.2. The minimum absolute atomic E-state index is 0.229. The first-order valence-corrected chi connectivity index (χ1v) is 8.22. The topological polar surface area (TPSA) is 46.2 Å². The molecule has 0 saturated heterocycles. The van der Waals surface area contributed by atoms with E-state index in [0.717, 1.165) is 6.54 Å². The van der Waals surface area contributed by atoms with Crippen molar-refractivity contribution in [1.82, 2.24) is 5.32 Å². The molecular weight excluding hydrogens is 246 g/mol. The maximum absolute atomic E-state index is 11.6. The van der Waals surface area contributed by atoms with Crippen LogP contribution in [0.1, 0.15) is 30.4 Å². The fourth-order valence-corrected chi connectivity index (χ4v) is 2.87. The Morgan fingerprint density at radius 1 is 1.22 bits per heavy atom. The lowest BCUT2D eigenvalue weighted by molar-refractivity contribution is 0.575. The van der Waals surface area contributed by atoms with Crippen LogP contribution in [0.15, 0.2) is 24.3 Å². The Labute approximate surface area is 111 Å². The molecule has 1 atom stereocenters. The highest BCUT2D eigenvalue weighted by Gasteiger charge is 2.15. The molecule has 102 valence electrons. The van der Waals surface area contributed by atoms with Crippen LogP contribution >= 0.6 is 0 Å². The monoisotopic (exact) mass is 269 g/mol. The van der Waals surface area contributed by atoms with Crippen molar-refractivity contribution in [3.63, 3.8) is 0 Å². The van der Waals surface area contributed by atoms with Crippen molar-refractivity contribution in [3.05, 3.63) is 35.4 Å². The summed E-state index contributed by atoms with van der Waals surface area (Å²) in [4.78, 5) is 0. The molecule has 0 aliphatic rings. The van der Waals surface area contributed by atoms with E-state index in [0.29, 0.717) is 6.42 Å². The summed E-state index contributed by atoms with van der Waals surface area (Å²) in [6.07, 6.45) is 0.681. The summed E-state index contributed by atoms with van der Waals surface area (Å²) in [5.74, 6) is 0.758. The van der Waals surface area contributed by atoms with Crippen LogP contribution in [-0.4, -0.2) is 33.5 Å². The summed E-state index contributed by atoms with van der Waals surface area (Å²) in [6.45, 7) is 4.56. The van der Waals surface area contributed by atoms with Gasteiger partial charge < -0.3 is 5.32 Å². The molecule has 0 radical (unpaired) electrons. The lowest BCUT2D eigenvalue weighted by Gasteiger charge is -2.17. The molecule has 1 aromatic carbocycles. The smallest absolute Gasteiger partial charge is 0.150 e. The highest BCUT2D eigenvalue weighted by Crippen LogP contribution is 2.20. The molecule has 0 saturated carbocycles. The normalized spacial score (nSPS) is 13.5. The van der Waals surface area contributed by atoms with Crippen LogP contribution < -0.4 is 5.32 Å². The molecule has 0 heterocycles. The largest absolute Gasteiger partial charge is 0.319 e. The quantitative estimate of drug-likeness (QED) is 0.825. The number of nitrogens with one attached hydrogen (secondary N) is 1. The molecule has 0 amide bonds. The Morgan fingerprint density at radius 3 is 2.33 bits per heavy atom. The first-order chi connectivity index (χ1) is 8.48. The van der Waals surface area contributed by atoms with E-state index in [9.17, 15) is 8.42 Å². The first kappa shape index (κ1) is 15.2. The van der Waals surface area contributed by atoms with Crippen LogP contribution in [0.4, 0.5) is 0 Å². The Kier molecular flexibility index (Phi) is 5.82. The van der Waals surface area contributed by atoms with E-state index >= 15 is 0 Å². The molecule has 1 N–H and O–H groups in total. The van der Waals surface area contributed by atoms with E-state index in [1.165, 1.54) is 11.1 Å². The summed E-state index contributed by atoms with van der Waals surface area (Å²) >= 11 is 0. The van der Waals surface area contributed by atoms with Crippen molar-refractivity contribution in [2.75, 3.05) is 25.1 Å². The van der Waals surface area contributed by atoms with Crippen LogP contribution in [0.3, 0.4) is 0 Å². The molecule has 1 rings (SSSR count). The number of hydrogen-bond acceptors (Lipinski definition) is 3. The molecule has 0 aliphatic carbocycles. The van der Waals surface area contributed by atoms with Crippen molar-refractivity contribution >= 4 is 9.84 Å². The molecular formula is C14H23NO2S. The lowest BCUT2D eigenvalue weighted by Crippen LogP contribution is -2.20. The zero-order valence-corrected chi connectivity index (χ0v) is 12.3. The average Bonchev–Trinajstić information content (AvgIpc) is 2.36. The molecule has 1 unspecified atom stereocenters. The number of rotatable bonds is 7. The van der Waals surface area contributed by atoms with Crippen molar-refractivity contribution < 1.29 is 8.42 Å². The third-order valence-electron chi connectivity index (χ3n) is 3.22. The number of sulfone groups is 1. The van der Waals surface area contributed by atoms with E-state index in [4.69, 9.17) is 0 Å². The molecule has 18 heavy (non-hydrogen) atoms. The average molecular weight is 269 g/mol. The first-order valence-electron chi connectivity index (χ1n) is 6.40. The van der Waals surface area contributed by atoms with Crippen LogP contribution in [0.5, 0.6) is 0 Å². The van der Waals surface area contributed by atoms with Gasteiger partial charge >= 0.3 is 0 Å². The van der Waals surface area contributed by atoms with Crippen LogP contribution in [0.2, 0.25) is 0 Å². The van der Waals surface area contributed by atoms with E-state index in [-0.39, 0.29) is 17.4 Å². The van der Waals surface area contributed by atoms with Crippen LogP contribution in [0.25, 0.3) is 0 Å². The molecule has 0 aromatic heterocycles. The Balaban J connectivity index is 2.74. The molecule has 0 bridgehead atoms. The third kappa shape index (κ3) is 4.78. The molecule has 3 nitrogen and oxygen atoms in total. The van der Waals surface area contributed by atoms with Gasteiger partial charge in [-0.3, -0.25) is 0 Å². The summed E-state index contributed by atoms with van der Waals surface area (Å²) < 4.78 is 23.1. The van der Waals surface area contributed by atoms with E-state index < -0.39 is 9.84 Å². The molecule has 0 spiro atoms. The van der Waals surface area contributed by atoms with Gasteiger partial charge in [0.15, 0.2) is 0 Å². The van der Waals surface area contributed by atoms with E-state index in [2.05, 4.69) is 36.5 Å². The minimum Gasteiger partial charge on any atom is -0.319 e. The third-order valence-corrected chi connectivity index (χ3v) is 4.95. The molecule has 4 heteroatoms. The van der Waals surface area contributed by atoms with Crippen LogP contribution in [0, 0.1) is 6.92 Å². The van der Waals surface area contributed by atoms with Gasteiger partial charge in [-0.2, -0.15) is 0 Å². The number of aryl methyl sites for hydroxylation is 1. The van der Waals surface area contributed by atoms with Gasteiger partial charge in [-0.15, -0.1) is 0 Å². The van der Waals surface area contributed by atoms with E-state index in [1.807, 2.05) is 7.05 Å². The van der Waals surface area contributed by atoms with Gasteiger partial charge in [0.2, 0.25) is 0 Å². The second kappa shape index (κ2) is 6.90. The fourth-order valence-electron chi connectivity index (χ4n) is 1.94. The molecule has 0 aliphatic heterocycles. The Morgan fingerprint density at radius 2 is 1.83 bits per heavy atom. The van der Waals surface area contributed by atoms with E-state index in [1.54, 1.807) is 6.92 Å². The highest BCUT2D eigenvalue weighted by molar-refractivity contribution is 7.91. The summed E-state index contributed by atoms with van der Waals surface area (Å²) in [5.41, 5.74) is 2.43. The van der Waals surface area contributed by atoms with Crippen molar-refractivity contribution in [1.29, 1.82) is 0 Å². The standard InChI is InChI=1S/C14H23NO2S/c1-4-18(16,17)10-9-14(11-15-3)13-7-5-12(2)6-8-13/h5-8,14-15H,4,9-11H2,1-3H3. The van der Waals surface area contributed by atoms with Crippen molar-refractivity contribution in [3.8, 4) is 0 Å². The maximum Gasteiger partial charge on any atom is 0.150 e. The second-order valence-electron chi connectivity index (χ2n) is 4.69. The van der Waals surface area contributed by atoms with Gasteiger partial charge in [0.05, 0.1) is 5.75 Å². The zero-order chi connectivity index (χ0) is 13.6. The summed E-state index contributed by atoms with van der Waals surface area (Å²) in [6, 6.07) is 8.34. The van der Waals surface area contributed by atoms with Gasteiger partial charge in [-0.05, 0) is 31.9 Å². The van der Waals surface area contributed by atoms with Crippen LogP contribution in [-0.2, 0) is 9.84 Å². The van der Waals surface area contributed by atoms with Crippen molar-refractivity contribution in [2.45, 2.75) is 26.2 Å². The maximum atomic E-state index is 11.6. The summed E-state index contributed by atoms with van der Waals surface area (Å²) in [5, 5.41) is 3.14. The molecule has 1 aromatic rings. The number of likely N-dealkylation sites (N-methyl/N-ethyl adjacent to an activating group) is 1. The number of benzene rings is 1. The minimum atomic E-state index is -2.88. The van der Waals surface area contributed by atoms with Gasteiger partial charge in [-0.25, -0.2) is 8.42 Å². The Bertz CT molecular complexity index is 451. The van der Waals surface area contributed by atoms with Gasteiger partial charge in [0.25, 0.3) is 0 Å². The lowest BCUT2D eigenvalue weighted by atomic mass is 9.95. The predicted octanol–water partition coefficient (Wildman–Crippen LogP) is 2.12. The number of hydrogen-bond donors (Lipinski definition) is 1. The van der Waals surface area contributed by atoms with Gasteiger partial charge in [-0.1, -0.05) is 36.8 Å². The second-order valence-corrected chi connectivity index (χ2v) is 7.16. The Hall–Kier alpha value is -0.870. The predicted molar refractivity (Wildman–Crippen MR) is 76.8 cm³/mol. The summed E-state index contributed by atoms with van der Waals surface area (Å²) in [7, 11) is -0.978.